The van der Waals surface area contributed by atoms with E-state index in [9.17, 15) is 0 Å². The number of thioether (sulfide) groups is 1. The summed E-state index contributed by atoms with van der Waals surface area (Å²) in [6.45, 7) is 8.29. The van der Waals surface area contributed by atoms with E-state index in [1.165, 1.54) is 16.7 Å². The quantitative estimate of drug-likeness (QED) is 0.423. The van der Waals surface area contributed by atoms with Crippen LogP contribution in [0.25, 0.3) is 17.1 Å². The van der Waals surface area contributed by atoms with Crippen LogP contribution in [0.1, 0.15) is 36.6 Å². The first-order valence-corrected chi connectivity index (χ1v) is 10.6. The third-order valence-electron chi connectivity index (χ3n) is 4.65. The summed E-state index contributed by atoms with van der Waals surface area (Å²) in [7, 11) is 0. The molecular formula is C22H24N6S. The number of hydrogen-bond donors (Lipinski definition) is 0. The first kappa shape index (κ1) is 19.4. The highest BCUT2D eigenvalue weighted by molar-refractivity contribution is 7.98. The van der Waals surface area contributed by atoms with Gasteiger partial charge in [0.1, 0.15) is 5.03 Å². The predicted molar refractivity (Wildman–Crippen MR) is 116 cm³/mol. The van der Waals surface area contributed by atoms with Crippen LogP contribution >= 0.6 is 11.8 Å². The molecule has 0 aliphatic heterocycles. The van der Waals surface area contributed by atoms with Gasteiger partial charge in [0.2, 0.25) is 5.82 Å². The van der Waals surface area contributed by atoms with Gasteiger partial charge in [0.15, 0.2) is 0 Å². The third-order valence-corrected chi connectivity index (χ3v) is 5.80. The molecule has 148 valence electrons. The molecular weight excluding hydrogens is 380 g/mol. The fraction of sp³-hybridized carbons (Fsp3) is 0.273. The highest BCUT2D eigenvalue weighted by Gasteiger charge is 2.20. The summed E-state index contributed by atoms with van der Waals surface area (Å²) in [4.78, 5) is 1.63. The first-order chi connectivity index (χ1) is 14.0. The van der Waals surface area contributed by atoms with Crippen LogP contribution in [0.3, 0.4) is 0 Å². The molecule has 0 saturated carbocycles. The number of benzene rings is 2. The minimum absolute atomic E-state index is 0.158. The molecule has 0 aliphatic carbocycles. The first-order valence-electron chi connectivity index (χ1n) is 9.65. The van der Waals surface area contributed by atoms with Gasteiger partial charge in [-0.15, -0.1) is 22.0 Å². The Morgan fingerprint density at radius 2 is 1.83 bits per heavy atom. The molecule has 7 heteroatoms. The van der Waals surface area contributed by atoms with Gasteiger partial charge in [-0.2, -0.15) is 9.90 Å². The molecule has 4 rings (SSSR count). The fourth-order valence-corrected chi connectivity index (χ4v) is 4.18. The van der Waals surface area contributed by atoms with Gasteiger partial charge in [0.25, 0.3) is 0 Å². The van der Waals surface area contributed by atoms with Gasteiger partial charge in [-0.25, -0.2) is 4.68 Å². The molecule has 0 saturated heterocycles. The Labute approximate surface area is 175 Å². The van der Waals surface area contributed by atoms with Crippen LogP contribution in [-0.4, -0.2) is 30.0 Å². The predicted octanol–water partition coefficient (Wildman–Crippen LogP) is 5.02. The zero-order chi connectivity index (χ0) is 20.4. The van der Waals surface area contributed by atoms with Crippen molar-refractivity contribution in [2.45, 2.75) is 44.5 Å². The van der Waals surface area contributed by atoms with Crippen molar-refractivity contribution in [2.75, 3.05) is 0 Å². The summed E-state index contributed by atoms with van der Waals surface area (Å²) in [6.07, 6.45) is 1.84. The van der Waals surface area contributed by atoms with Crippen molar-refractivity contribution in [3.8, 4) is 17.1 Å². The van der Waals surface area contributed by atoms with Crippen molar-refractivity contribution < 1.29 is 0 Å². The minimum Gasteiger partial charge on any atom is -0.226 e. The van der Waals surface area contributed by atoms with Crippen molar-refractivity contribution in [3.05, 3.63) is 71.4 Å². The van der Waals surface area contributed by atoms with Crippen molar-refractivity contribution in [1.82, 2.24) is 30.0 Å². The average molecular weight is 405 g/mol. The second kappa shape index (κ2) is 8.21. The van der Waals surface area contributed by atoms with Crippen molar-refractivity contribution in [3.63, 3.8) is 0 Å². The second-order valence-corrected chi connectivity index (χ2v) is 8.33. The third kappa shape index (κ3) is 4.10. The van der Waals surface area contributed by atoms with Gasteiger partial charge in [0, 0.05) is 5.75 Å². The summed E-state index contributed by atoms with van der Waals surface area (Å²) < 4.78 is 1.99. The van der Waals surface area contributed by atoms with E-state index in [1.807, 2.05) is 30.8 Å². The van der Waals surface area contributed by atoms with Crippen LogP contribution in [0.2, 0.25) is 0 Å². The van der Waals surface area contributed by atoms with E-state index in [2.05, 4.69) is 71.7 Å². The van der Waals surface area contributed by atoms with Crippen LogP contribution in [-0.2, 0) is 5.75 Å². The maximum atomic E-state index is 4.70. The van der Waals surface area contributed by atoms with Crippen LogP contribution in [0.15, 0.2) is 59.8 Å². The van der Waals surface area contributed by atoms with Crippen LogP contribution in [0.5, 0.6) is 0 Å². The topological polar surface area (TPSA) is 61.4 Å². The van der Waals surface area contributed by atoms with E-state index < -0.39 is 0 Å². The van der Waals surface area contributed by atoms with Crippen molar-refractivity contribution in [1.29, 1.82) is 0 Å². The van der Waals surface area contributed by atoms with E-state index >= 15 is 0 Å². The smallest absolute Gasteiger partial charge is 0.209 e. The van der Waals surface area contributed by atoms with Gasteiger partial charge in [-0.3, -0.25) is 0 Å². The lowest BCUT2D eigenvalue weighted by Gasteiger charge is -2.12. The second-order valence-electron chi connectivity index (χ2n) is 7.37. The number of aryl methyl sites for hydroxylation is 2. The Kier molecular flexibility index (Phi) is 5.49. The lowest BCUT2D eigenvalue weighted by atomic mass is 10.1. The molecule has 2 aromatic heterocycles. The number of tetrazole rings is 1. The zero-order valence-corrected chi connectivity index (χ0v) is 17.9. The van der Waals surface area contributed by atoms with Crippen molar-refractivity contribution >= 4 is 11.8 Å². The summed E-state index contributed by atoms with van der Waals surface area (Å²) in [6, 6.07) is 17.0. The molecule has 0 amide bonds. The zero-order valence-electron chi connectivity index (χ0n) is 17.1. The van der Waals surface area contributed by atoms with E-state index in [1.54, 1.807) is 16.6 Å². The highest BCUT2D eigenvalue weighted by Crippen LogP contribution is 2.34. The molecule has 0 N–H and O–H groups in total. The maximum Gasteiger partial charge on any atom is 0.209 e. The lowest BCUT2D eigenvalue weighted by molar-refractivity contribution is 0.455. The van der Waals surface area contributed by atoms with Gasteiger partial charge in [-0.1, -0.05) is 48.0 Å². The molecule has 0 radical (unpaired) electrons. The lowest BCUT2D eigenvalue weighted by Crippen LogP contribution is -2.04. The van der Waals surface area contributed by atoms with Crippen LogP contribution < -0.4 is 0 Å². The molecule has 29 heavy (non-hydrogen) atoms. The Balaban J connectivity index is 1.77. The van der Waals surface area contributed by atoms with Gasteiger partial charge in [-0.05, 0) is 50.1 Å². The molecule has 0 unspecified atom stereocenters. The Bertz CT molecular complexity index is 1110. The molecule has 2 aromatic carbocycles. The van der Waals surface area contributed by atoms with Gasteiger partial charge < -0.3 is 0 Å². The summed E-state index contributed by atoms with van der Waals surface area (Å²) >= 11 is 1.74. The summed E-state index contributed by atoms with van der Waals surface area (Å²) in [5, 5.41) is 18.8. The largest absolute Gasteiger partial charge is 0.226 e. The van der Waals surface area contributed by atoms with E-state index in [4.69, 9.17) is 5.10 Å². The number of rotatable bonds is 6. The van der Waals surface area contributed by atoms with Gasteiger partial charge >= 0.3 is 0 Å². The SMILES string of the molecule is Cc1ccc(-n2ncc(-c3nnn(C(C)C)n3)c2SCc2ccccc2)c(C)c1. The minimum atomic E-state index is 0.158. The summed E-state index contributed by atoms with van der Waals surface area (Å²) in [5.74, 6) is 1.44. The molecule has 4 aromatic rings. The van der Waals surface area contributed by atoms with E-state index in [0.29, 0.717) is 5.82 Å². The van der Waals surface area contributed by atoms with Crippen LogP contribution in [0, 0.1) is 13.8 Å². The molecule has 0 spiro atoms. The molecule has 0 fully saturated rings. The number of hydrogen-bond acceptors (Lipinski definition) is 5. The molecule has 2 heterocycles. The number of aromatic nitrogens is 6. The van der Waals surface area contributed by atoms with Crippen LogP contribution in [0.4, 0.5) is 0 Å². The van der Waals surface area contributed by atoms with Crippen molar-refractivity contribution in [2.24, 2.45) is 0 Å². The Hall–Kier alpha value is -2.93. The normalized spacial score (nSPS) is 11.3. The average Bonchev–Trinajstić information content (AvgIpc) is 3.34. The molecule has 6 nitrogen and oxygen atoms in total. The molecule has 0 bridgehead atoms. The molecule has 0 atom stereocenters. The van der Waals surface area contributed by atoms with E-state index in [-0.39, 0.29) is 6.04 Å². The molecule has 0 aliphatic rings. The standard InChI is InChI=1S/C22H24N6S/c1-15(2)28-25-21(24-26-28)19-13-23-27(20-11-10-16(3)12-17(20)4)22(19)29-14-18-8-6-5-7-9-18/h5-13,15H,14H2,1-4H3. The Morgan fingerprint density at radius 1 is 1.03 bits per heavy atom. The monoisotopic (exact) mass is 404 g/mol. The van der Waals surface area contributed by atoms with E-state index in [0.717, 1.165) is 22.0 Å². The fourth-order valence-electron chi connectivity index (χ4n) is 3.12. The highest BCUT2D eigenvalue weighted by atomic mass is 32.2. The Morgan fingerprint density at radius 3 is 2.52 bits per heavy atom. The number of nitrogens with zero attached hydrogens (tertiary/aromatic N) is 6. The van der Waals surface area contributed by atoms with Gasteiger partial charge in [0.05, 0.1) is 23.5 Å². The maximum absolute atomic E-state index is 4.70. The summed E-state index contributed by atoms with van der Waals surface area (Å²) in [5.41, 5.74) is 5.64.